The highest BCUT2D eigenvalue weighted by atomic mass is 35.5. The second-order valence-corrected chi connectivity index (χ2v) is 7.26. The molecular formula is C19H24ClN5. The van der Waals surface area contributed by atoms with Crippen molar-refractivity contribution in [2.45, 2.75) is 31.7 Å². The van der Waals surface area contributed by atoms with Crippen molar-refractivity contribution in [2.75, 3.05) is 41.3 Å². The zero-order chi connectivity index (χ0) is 17.1. The molecule has 1 aromatic heterocycles. The van der Waals surface area contributed by atoms with E-state index in [0.29, 0.717) is 6.04 Å². The predicted molar refractivity (Wildman–Crippen MR) is 104 cm³/mol. The van der Waals surface area contributed by atoms with Crippen LogP contribution in [0.5, 0.6) is 0 Å². The molecule has 1 N–H and O–H groups in total. The summed E-state index contributed by atoms with van der Waals surface area (Å²) in [6, 6.07) is 10.6. The van der Waals surface area contributed by atoms with E-state index in [2.05, 4.69) is 26.2 Å². The van der Waals surface area contributed by atoms with Gasteiger partial charge in [0.15, 0.2) is 0 Å². The second-order valence-electron chi connectivity index (χ2n) is 6.82. The summed E-state index contributed by atoms with van der Waals surface area (Å²) in [6.45, 7) is 3.73. The lowest BCUT2D eigenvalue weighted by atomic mass is 10.2. The smallest absolute Gasteiger partial charge is 0.227 e. The van der Waals surface area contributed by atoms with Crippen LogP contribution in [0, 0.1) is 0 Å². The van der Waals surface area contributed by atoms with E-state index in [4.69, 9.17) is 16.6 Å². The summed E-state index contributed by atoms with van der Waals surface area (Å²) in [5, 5.41) is 4.34. The number of nitrogens with zero attached hydrogens (tertiary/aromatic N) is 4. The zero-order valence-electron chi connectivity index (χ0n) is 14.4. The summed E-state index contributed by atoms with van der Waals surface area (Å²) in [5.41, 5.74) is 1.18. The number of hydrogen-bond donors (Lipinski definition) is 1. The van der Waals surface area contributed by atoms with Gasteiger partial charge < -0.3 is 15.1 Å². The molecule has 0 atom stereocenters. The van der Waals surface area contributed by atoms with E-state index in [1.807, 2.05) is 30.5 Å². The van der Waals surface area contributed by atoms with Gasteiger partial charge in [0.25, 0.3) is 0 Å². The number of rotatable bonds is 4. The Balaban J connectivity index is 1.38. The fraction of sp³-hybridized carbons (Fsp3) is 0.474. The van der Waals surface area contributed by atoms with E-state index in [1.54, 1.807) is 0 Å². The SMILES string of the molecule is Clc1cccc(N2CCN(c3nccc(NC4CCCC4)n3)CC2)c1. The molecule has 1 aliphatic heterocycles. The molecular weight excluding hydrogens is 334 g/mol. The van der Waals surface area contributed by atoms with Crippen LogP contribution in [-0.4, -0.2) is 42.2 Å². The minimum Gasteiger partial charge on any atom is -0.368 e. The Kier molecular flexibility index (Phi) is 4.92. The third kappa shape index (κ3) is 3.98. The maximum Gasteiger partial charge on any atom is 0.227 e. The van der Waals surface area contributed by atoms with Gasteiger partial charge in [0.2, 0.25) is 5.95 Å². The lowest BCUT2D eigenvalue weighted by Crippen LogP contribution is -2.47. The quantitative estimate of drug-likeness (QED) is 0.901. The molecule has 2 aliphatic rings. The number of aromatic nitrogens is 2. The molecule has 1 aromatic carbocycles. The largest absolute Gasteiger partial charge is 0.368 e. The third-order valence-electron chi connectivity index (χ3n) is 5.09. The minimum atomic E-state index is 0.572. The lowest BCUT2D eigenvalue weighted by Gasteiger charge is -2.36. The molecule has 1 saturated heterocycles. The van der Waals surface area contributed by atoms with Crippen LogP contribution in [-0.2, 0) is 0 Å². The Labute approximate surface area is 154 Å². The lowest BCUT2D eigenvalue weighted by molar-refractivity contribution is 0.639. The Morgan fingerprint density at radius 1 is 1.00 bits per heavy atom. The maximum atomic E-state index is 6.11. The maximum absolute atomic E-state index is 6.11. The molecule has 2 aromatic rings. The number of anilines is 3. The normalized spacial score (nSPS) is 18.6. The molecule has 2 fully saturated rings. The van der Waals surface area contributed by atoms with Crippen LogP contribution in [0.2, 0.25) is 5.02 Å². The fourth-order valence-corrected chi connectivity index (χ4v) is 3.88. The van der Waals surface area contributed by atoms with E-state index < -0.39 is 0 Å². The standard InChI is InChI=1S/C19H24ClN5/c20-15-4-3-7-17(14-15)24-10-12-25(13-11-24)19-21-9-8-18(23-19)22-16-5-1-2-6-16/h3-4,7-9,14,16H,1-2,5-6,10-13H2,(H,21,22,23). The average Bonchev–Trinajstić information content (AvgIpc) is 3.15. The first kappa shape index (κ1) is 16.5. The zero-order valence-corrected chi connectivity index (χ0v) is 15.1. The summed E-state index contributed by atoms with van der Waals surface area (Å²) in [6.07, 6.45) is 7.00. The second kappa shape index (κ2) is 7.48. The van der Waals surface area contributed by atoms with Crippen molar-refractivity contribution in [3.8, 4) is 0 Å². The van der Waals surface area contributed by atoms with E-state index in [9.17, 15) is 0 Å². The molecule has 0 amide bonds. The van der Waals surface area contributed by atoms with Crippen LogP contribution in [0.15, 0.2) is 36.5 Å². The first-order valence-corrected chi connectivity index (χ1v) is 9.51. The third-order valence-corrected chi connectivity index (χ3v) is 5.32. The highest BCUT2D eigenvalue weighted by Crippen LogP contribution is 2.24. The predicted octanol–water partition coefficient (Wildman–Crippen LogP) is 3.81. The van der Waals surface area contributed by atoms with Crippen molar-refractivity contribution >= 4 is 29.1 Å². The highest BCUT2D eigenvalue weighted by Gasteiger charge is 2.20. The minimum absolute atomic E-state index is 0.572. The van der Waals surface area contributed by atoms with Crippen LogP contribution in [0.3, 0.4) is 0 Å². The monoisotopic (exact) mass is 357 g/mol. The van der Waals surface area contributed by atoms with Gasteiger partial charge in [0, 0.05) is 49.1 Å². The van der Waals surface area contributed by atoms with Gasteiger partial charge in [-0.3, -0.25) is 0 Å². The van der Waals surface area contributed by atoms with Crippen LogP contribution in [0.25, 0.3) is 0 Å². The average molecular weight is 358 g/mol. The summed E-state index contributed by atoms with van der Waals surface area (Å²) in [7, 11) is 0. The molecule has 5 nitrogen and oxygen atoms in total. The van der Waals surface area contributed by atoms with Gasteiger partial charge in [-0.2, -0.15) is 4.98 Å². The summed E-state index contributed by atoms with van der Waals surface area (Å²) in [4.78, 5) is 13.8. The van der Waals surface area contributed by atoms with E-state index in [-0.39, 0.29) is 0 Å². The van der Waals surface area contributed by atoms with Crippen molar-refractivity contribution in [1.29, 1.82) is 0 Å². The van der Waals surface area contributed by atoms with Gasteiger partial charge in [-0.15, -0.1) is 0 Å². The van der Waals surface area contributed by atoms with Crippen molar-refractivity contribution in [3.63, 3.8) is 0 Å². The van der Waals surface area contributed by atoms with Crippen LogP contribution in [0.1, 0.15) is 25.7 Å². The van der Waals surface area contributed by atoms with Crippen molar-refractivity contribution in [2.24, 2.45) is 0 Å². The molecule has 2 heterocycles. The number of benzene rings is 1. The Hall–Kier alpha value is -2.01. The summed E-state index contributed by atoms with van der Waals surface area (Å²) in [5.74, 6) is 1.78. The van der Waals surface area contributed by atoms with Gasteiger partial charge in [0.05, 0.1) is 0 Å². The van der Waals surface area contributed by atoms with Gasteiger partial charge in [0.1, 0.15) is 5.82 Å². The van der Waals surface area contributed by atoms with Crippen molar-refractivity contribution in [3.05, 3.63) is 41.6 Å². The number of hydrogen-bond acceptors (Lipinski definition) is 5. The summed E-state index contributed by atoms with van der Waals surface area (Å²) >= 11 is 6.11. The number of piperazine rings is 1. The molecule has 1 saturated carbocycles. The van der Waals surface area contributed by atoms with Gasteiger partial charge in [-0.05, 0) is 37.1 Å². The van der Waals surface area contributed by atoms with E-state index in [1.165, 1.54) is 31.4 Å². The number of nitrogens with one attached hydrogen (secondary N) is 1. The first-order chi connectivity index (χ1) is 12.3. The Morgan fingerprint density at radius 3 is 2.52 bits per heavy atom. The first-order valence-electron chi connectivity index (χ1n) is 9.13. The van der Waals surface area contributed by atoms with Crippen molar-refractivity contribution < 1.29 is 0 Å². The Morgan fingerprint density at radius 2 is 1.76 bits per heavy atom. The van der Waals surface area contributed by atoms with E-state index in [0.717, 1.165) is 43.0 Å². The van der Waals surface area contributed by atoms with Crippen LogP contribution in [0.4, 0.5) is 17.5 Å². The topological polar surface area (TPSA) is 44.3 Å². The molecule has 25 heavy (non-hydrogen) atoms. The number of halogens is 1. The van der Waals surface area contributed by atoms with Gasteiger partial charge >= 0.3 is 0 Å². The molecule has 4 rings (SSSR count). The molecule has 132 valence electrons. The fourth-order valence-electron chi connectivity index (χ4n) is 3.70. The van der Waals surface area contributed by atoms with Crippen LogP contribution < -0.4 is 15.1 Å². The van der Waals surface area contributed by atoms with Crippen molar-refractivity contribution in [1.82, 2.24) is 9.97 Å². The molecule has 0 radical (unpaired) electrons. The summed E-state index contributed by atoms with van der Waals surface area (Å²) < 4.78 is 0. The molecule has 1 aliphatic carbocycles. The van der Waals surface area contributed by atoms with E-state index >= 15 is 0 Å². The molecule has 6 heteroatoms. The molecule has 0 spiro atoms. The van der Waals surface area contributed by atoms with Crippen LogP contribution >= 0.6 is 11.6 Å². The molecule has 0 unspecified atom stereocenters. The van der Waals surface area contributed by atoms with Gasteiger partial charge in [-0.1, -0.05) is 30.5 Å². The molecule has 0 bridgehead atoms. The van der Waals surface area contributed by atoms with Gasteiger partial charge in [-0.25, -0.2) is 4.98 Å². The Bertz CT molecular complexity index is 708. The highest BCUT2D eigenvalue weighted by molar-refractivity contribution is 6.30.